The highest BCUT2D eigenvalue weighted by Crippen LogP contribution is 2.32. The Balaban J connectivity index is 1.73. The summed E-state index contributed by atoms with van der Waals surface area (Å²) in [6, 6.07) is 7.76. The topological polar surface area (TPSA) is 50.8 Å². The van der Waals surface area contributed by atoms with Gasteiger partial charge >= 0.3 is 0 Å². The van der Waals surface area contributed by atoms with Crippen LogP contribution in [0.5, 0.6) is 0 Å². The molecule has 3 aromatic heterocycles. The SMILES string of the molecule is Cc1c(C(=O)N2CCCCC[C@H]2c2ccco2)ccc2cncn12. The number of fused-ring (bicyclic) bond motifs is 1. The second-order valence-electron chi connectivity index (χ2n) is 6.40. The Hall–Kier alpha value is -2.56. The lowest BCUT2D eigenvalue weighted by Crippen LogP contribution is -2.35. The van der Waals surface area contributed by atoms with Gasteiger partial charge in [-0.1, -0.05) is 12.8 Å². The van der Waals surface area contributed by atoms with Crippen molar-refractivity contribution >= 4 is 11.4 Å². The number of hydrogen-bond acceptors (Lipinski definition) is 3. The van der Waals surface area contributed by atoms with Crippen LogP contribution in [0.15, 0.2) is 47.5 Å². The molecule has 0 N–H and O–H groups in total. The van der Waals surface area contributed by atoms with Gasteiger partial charge in [0.2, 0.25) is 0 Å². The molecule has 1 aliphatic heterocycles. The molecule has 0 radical (unpaired) electrons. The van der Waals surface area contributed by atoms with E-state index in [0.717, 1.165) is 54.8 Å². The lowest BCUT2D eigenvalue weighted by molar-refractivity contribution is 0.0657. The van der Waals surface area contributed by atoms with Crippen LogP contribution in [0.1, 0.15) is 53.5 Å². The van der Waals surface area contributed by atoms with Crippen LogP contribution in [0.2, 0.25) is 0 Å². The molecule has 1 atom stereocenters. The molecule has 1 fully saturated rings. The lowest BCUT2D eigenvalue weighted by Gasteiger charge is -2.29. The first-order valence-electron chi connectivity index (χ1n) is 8.52. The molecule has 24 heavy (non-hydrogen) atoms. The Morgan fingerprint density at radius 1 is 1.25 bits per heavy atom. The van der Waals surface area contributed by atoms with Gasteiger partial charge < -0.3 is 13.7 Å². The third-order valence-electron chi connectivity index (χ3n) is 4.95. The maximum atomic E-state index is 13.3. The molecule has 1 amide bonds. The number of furan rings is 1. The standard InChI is InChI=1S/C19H21N3O2/c1-14-16(9-8-15-12-20-13-22(14)15)19(23)21-10-4-2-3-6-17(21)18-7-5-11-24-18/h5,7-9,11-13,17H,2-4,6,10H2,1H3/t17-/m0/s1. The molecule has 3 aromatic rings. The molecule has 1 saturated heterocycles. The van der Waals surface area contributed by atoms with E-state index in [1.165, 1.54) is 0 Å². The number of hydrogen-bond donors (Lipinski definition) is 0. The van der Waals surface area contributed by atoms with Gasteiger partial charge in [0.25, 0.3) is 5.91 Å². The molecule has 5 heteroatoms. The van der Waals surface area contributed by atoms with E-state index in [9.17, 15) is 4.79 Å². The van der Waals surface area contributed by atoms with Crippen molar-refractivity contribution in [3.8, 4) is 0 Å². The van der Waals surface area contributed by atoms with Gasteiger partial charge in [-0.2, -0.15) is 0 Å². The summed E-state index contributed by atoms with van der Waals surface area (Å²) in [7, 11) is 0. The number of amides is 1. The lowest BCUT2D eigenvalue weighted by atomic mass is 10.1. The molecule has 4 heterocycles. The minimum absolute atomic E-state index is 0.0212. The zero-order valence-electron chi connectivity index (χ0n) is 13.8. The Bertz CT molecular complexity index is 851. The summed E-state index contributed by atoms with van der Waals surface area (Å²) in [5, 5.41) is 0. The van der Waals surface area contributed by atoms with Crippen LogP contribution in [-0.4, -0.2) is 26.7 Å². The summed E-state index contributed by atoms with van der Waals surface area (Å²) in [4.78, 5) is 19.4. The molecule has 5 nitrogen and oxygen atoms in total. The van der Waals surface area contributed by atoms with Crippen LogP contribution < -0.4 is 0 Å². The molecular weight excluding hydrogens is 302 g/mol. The molecule has 0 bridgehead atoms. The maximum Gasteiger partial charge on any atom is 0.256 e. The van der Waals surface area contributed by atoms with Gasteiger partial charge in [-0.25, -0.2) is 4.98 Å². The number of pyridine rings is 1. The predicted molar refractivity (Wildman–Crippen MR) is 90.9 cm³/mol. The number of carbonyl (C=O) groups is 1. The molecule has 4 rings (SSSR count). The number of nitrogens with zero attached hydrogens (tertiary/aromatic N) is 3. The van der Waals surface area contributed by atoms with Crippen molar-refractivity contribution < 1.29 is 9.21 Å². The number of likely N-dealkylation sites (tertiary alicyclic amines) is 1. The van der Waals surface area contributed by atoms with Crippen LogP contribution in [0.3, 0.4) is 0 Å². The van der Waals surface area contributed by atoms with Crippen LogP contribution in [-0.2, 0) is 0 Å². The van der Waals surface area contributed by atoms with Crippen LogP contribution in [0, 0.1) is 6.92 Å². The summed E-state index contributed by atoms with van der Waals surface area (Å²) < 4.78 is 7.59. The van der Waals surface area contributed by atoms with Crippen molar-refractivity contribution in [3.05, 3.63) is 60.1 Å². The van der Waals surface area contributed by atoms with Gasteiger partial charge in [-0.05, 0) is 44.0 Å². The van der Waals surface area contributed by atoms with Crippen molar-refractivity contribution in [1.82, 2.24) is 14.3 Å². The quantitative estimate of drug-likeness (QED) is 0.716. The van der Waals surface area contributed by atoms with Gasteiger partial charge in [-0.3, -0.25) is 4.79 Å². The highest BCUT2D eigenvalue weighted by molar-refractivity contribution is 5.96. The summed E-state index contributed by atoms with van der Waals surface area (Å²) in [6.07, 6.45) is 9.51. The minimum atomic E-state index is 0.0212. The Kier molecular flexibility index (Phi) is 3.84. The first-order valence-corrected chi connectivity index (χ1v) is 8.52. The number of aryl methyl sites for hydroxylation is 1. The zero-order chi connectivity index (χ0) is 16.5. The molecule has 0 unspecified atom stereocenters. The highest BCUT2D eigenvalue weighted by atomic mass is 16.3. The van der Waals surface area contributed by atoms with Crippen LogP contribution in [0.4, 0.5) is 0 Å². The summed E-state index contributed by atoms with van der Waals surface area (Å²) in [6.45, 7) is 2.74. The summed E-state index contributed by atoms with van der Waals surface area (Å²) in [5.41, 5.74) is 2.67. The fourth-order valence-electron chi connectivity index (χ4n) is 3.64. The average molecular weight is 323 g/mol. The smallest absolute Gasteiger partial charge is 0.256 e. The summed E-state index contributed by atoms with van der Waals surface area (Å²) in [5.74, 6) is 0.956. The Morgan fingerprint density at radius 2 is 2.17 bits per heavy atom. The number of aromatic nitrogens is 2. The fraction of sp³-hybridized carbons (Fsp3) is 0.368. The van der Waals surface area contributed by atoms with Crippen molar-refractivity contribution in [2.24, 2.45) is 0 Å². The van der Waals surface area contributed by atoms with E-state index in [2.05, 4.69) is 4.98 Å². The van der Waals surface area contributed by atoms with E-state index in [1.807, 2.05) is 40.5 Å². The monoisotopic (exact) mass is 323 g/mol. The normalized spacial score (nSPS) is 18.7. The van der Waals surface area contributed by atoms with Gasteiger partial charge in [0, 0.05) is 12.2 Å². The molecule has 0 spiro atoms. The van der Waals surface area contributed by atoms with E-state index in [-0.39, 0.29) is 11.9 Å². The third kappa shape index (κ3) is 2.50. The van der Waals surface area contributed by atoms with Crippen molar-refractivity contribution in [3.63, 3.8) is 0 Å². The molecule has 0 aliphatic carbocycles. The number of rotatable bonds is 2. The van der Waals surface area contributed by atoms with Gasteiger partial charge in [0.15, 0.2) is 0 Å². The average Bonchev–Trinajstić information content (AvgIpc) is 3.23. The fourth-order valence-corrected chi connectivity index (χ4v) is 3.64. The van der Waals surface area contributed by atoms with E-state index < -0.39 is 0 Å². The first kappa shape index (κ1) is 15.0. The Labute approximate surface area is 140 Å². The zero-order valence-corrected chi connectivity index (χ0v) is 13.8. The van der Waals surface area contributed by atoms with E-state index in [1.54, 1.807) is 18.8 Å². The Morgan fingerprint density at radius 3 is 3.00 bits per heavy atom. The first-order chi connectivity index (χ1) is 11.8. The van der Waals surface area contributed by atoms with Gasteiger partial charge in [-0.15, -0.1) is 0 Å². The van der Waals surface area contributed by atoms with E-state index >= 15 is 0 Å². The largest absolute Gasteiger partial charge is 0.467 e. The number of carbonyl (C=O) groups excluding carboxylic acids is 1. The van der Waals surface area contributed by atoms with E-state index in [4.69, 9.17) is 4.42 Å². The van der Waals surface area contributed by atoms with E-state index in [0.29, 0.717) is 0 Å². The van der Waals surface area contributed by atoms with Crippen LogP contribution in [0.25, 0.3) is 5.52 Å². The van der Waals surface area contributed by atoms with Crippen molar-refractivity contribution in [2.75, 3.05) is 6.54 Å². The van der Waals surface area contributed by atoms with Gasteiger partial charge in [0.1, 0.15) is 5.76 Å². The minimum Gasteiger partial charge on any atom is -0.467 e. The summed E-state index contributed by atoms with van der Waals surface area (Å²) >= 11 is 0. The van der Waals surface area contributed by atoms with Crippen LogP contribution >= 0.6 is 0 Å². The second kappa shape index (κ2) is 6.15. The highest BCUT2D eigenvalue weighted by Gasteiger charge is 2.30. The molecule has 124 valence electrons. The van der Waals surface area contributed by atoms with Crippen molar-refractivity contribution in [1.29, 1.82) is 0 Å². The second-order valence-corrected chi connectivity index (χ2v) is 6.40. The molecule has 0 saturated carbocycles. The molecule has 1 aliphatic rings. The predicted octanol–water partition coefficient (Wildman–Crippen LogP) is 3.99. The molecule has 0 aromatic carbocycles. The third-order valence-corrected chi connectivity index (χ3v) is 4.95. The number of imidazole rings is 1. The van der Waals surface area contributed by atoms with Gasteiger partial charge in [0.05, 0.1) is 35.9 Å². The molecular formula is C19H21N3O2. The van der Waals surface area contributed by atoms with Crippen molar-refractivity contribution in [2.45, 2.75) is 38.6 Å². The maximum absolute atomic E-state index is 13.3.